The molecule has 3 atom stereocenters. The smallest absolute Gasteiger partial charge is 0.324 e. The SMILES string of the molecule is O=C(OCc1ccccc1)C1(C(=O)OCc2ccccc2)C[C@]2(O)CC3CCCCN3C[C@]2([N+](=O)[O-])C1. The van der Waals surface area contributed by atoms with E-state index in [0.29, 0.717) is 6.54 Å². The van der Waals surface area contributed by atoms with Crippen LogP contribution in [0.3, 0.4) is 0 Å². The number of carbonyl (C=O) groups is 2. The van der Waals surface area contributed by atoms with E-state index in [1.165, 1.54) is 0 Å². The van der Waals surface area contributed by atoms with Crippen LogP contribution in [-0.4, -0.2) is 57.1 Å². The molecule has 2 aromatic carbocycles. The third kappa shape index (κ3) is 4.51. The molecule has 37 heavy (non-hydrogen) atoms. The zero-order valence-electron chi connectivity index (χ0n) is 20.7. The van der Waals surface area contributed by atoms with E-state index in [-0.39, 0.29) is 32.2 Å². The Morgan fingerprint density at radius 1 is 0.946 bits per heavy atom. The Bertz CT molecular complexity index is 1100. The molecule has 1 N–H and O–H groups in total. The molecule has 0 spiro atoms. The number of aliphatic hydroxyl groups is 1. The van der Waals surface area contributed by atoms with Crippen molar-refractivity contribution in [1.82, 2.24) is 4.90 Å². The number of piperidine rings is 2. The molecule has 0 radical (unpaired) electrons. The van der Waals surface area contributed by atoms with E-state index in [1.807, 2.05) is 17.0 Å². The minimum absolute atomic E-state index is 0.0130. The maximum atomic E-state index is 13.7. The molecule has 0 amide bonds. The molecule has 2 heterocycles. The third-order valence-corrected chi connectivity index (χ3v) is 8.40. The normalized spacial score (nSPS) is 28.5. The maximum absolute atomic E-state index is 13.7. The Morgan fingerprint density at radius 3 is 2.05 bits per heavy atom. The fraction of sp³-hybridized carbons (Fsp3) is 0.500. The van der Waals surface area contributed by atoms with E-state index >= 15 is 0 Å². The number of rotatable bonds is 7. The number of nitro groups is 1. The van der Waals surface area contributed by atoms with Gasteiger partial charge >= 0.3 is 11.9 Å². The second-order valence-electron chi connectivity index (χ2n) is 10.7. The first-order valence-corrected chi connectivity index (χ1v) is 12.8. The Labute approximate surface area is 215 Å². The molecular weight excluding hydrogens is 476 g/mol. The van der Waals surface area contributed by atoms with Crippen molar-refractivity contribution in [2.75, 3.05) is 13.1 Å². The predicted molar refractivity (Wildman–Crippen MR) is 133 cm³/mol. The summed E-state index contributed by atoms with van der Waals surface area (Å²) in [7, 11) is 0. The molecule has 1 saturated carbocycles. The van der Waals surface area contributed by atoms with Gasteiger partial charge in [0.25, 0.3) is 5.54 Å². The van der Waals surface area contributed by atoms with Crippen molar-refractivity contribution < 1.29 is 29.1 Å². The van der Waals surface area contributed by atoms with Crippen molar-refractivity contribution in [3.63, 3.8) is 0 Å². The molecule has 1 aliphatic carbocycles. The first-order chi connectivity index (χ1) is 17.8. The van der Waals surface area contributed by atoms with Crippen LogP contribution in [0.15, 0.2) is 60.7 Å². The van der Waals surface area contributed by atoms with Crippen molar-refractivity contribution in [1.29, 1.82) is 0 Å². The highest BCUT2D eigenvalue weighted by Crippen LogP contribution is 2.58. The molecule has 3 fully saturated rings. The monoisotopic (exact) mass is 508 g/mol. The van der Waals surface area contributed by atoms with Gasteiger partial charge in [-0.15, -0.1) is 0 Å². The highest BCUT2D eigenvalue weighted by Gasteiger charge is 2.78. The number of ether oxygens (including phenoxy) is 2. The molecule has 2 aromatic rings. The molecule has 196 valence electrons. The van der Waals surface area contributed by atoms with Crippen LogP contribution in [-0.2, 0) is 32.3 Å². The quantitative estimate of drug-likeness (QED) is 0.262. The van der Waals surface area contributed by atoms with Gasteiger partial charge in [-0.25, -0.2) is 0 Å². The zero-order chi connectivity index (χ0) is 26.1. The van der Waals surface area contributed by atoms with Crippen molar-refractivity contribution in [3.8, 4) is 0 Å². The molecule has 5 rings (SSSR count). The fourth-order valence-corrected chi connectivity index (χ4v) is 6.47. The summed E-state index contributed by atoms with van der Waals surface area (Å²) in [4.78, 5) is 41.6. The molecule has 3 aliphatic rings. The Hall–Kier alpha value is -3.30. The summed E-state index contributed by atoms with van der Waals surface area (Å²) in [6.45, 7) is 0.499. The van der Waals surface area contributed by atoms with Crippen LogP contribution in [0.2, 0.25) is 0 Å². The first-order valence-electron chi connectivity index (χ1n) is 12.8. The molecule has 9 nitrogen and oxygen atoms in total. The average Bonchev–Trinajstić information content (AvgIpc) is 3.20. The van der Waals surface area contributed by atoms with Crippen LogP contribution >= 0.6 is 0 Å². The number of benzene rings is 2. The van der Waals surface area contributed by atoms with Gasteiger partial charge in [0.05, 0.1) is 6.54 Å². The largest absolute Gasteiger partial charge is 0.460 e. The molecule has 2 saturated heterocycles. The summed E-state index contributed by atoms with van der Waals surface area (Å²) in [5.41, 5.74) is -4.26. The summed E-state index contributed by atoms with van der Waals surface area (Å²) < 4.78 is 11.2. The lowest BCUT2D eigenvalue weighted by Gasteiger charge is -2.49. The molecule has 0 bridgehead atoms. The van der Waals surface area contributed by atoms with Crippen molar-refractivity contribution >= 4 is 11.9 Å². The van der Waals surface area contributed by atoms with Gasteiger partial charge in [0.15, 0.2) is 5.41 Å². The summed E-state index contributed by atoms with van der Waals surface area (Å²) in [6, 6.07) is 18.0. The van der Waals surface area contributed by atoms with Gasteiger partial charge in [-0.05, 0) is 36.9 Å². The molecular formula is C28H32N2O7. The van der Waals surface area contributed by atoms with E-state index in [2.05, 4.69) is 0 Å². The van der Waals surface area contributed by atoms with Crippen LogP contribution in [0.25, 0.3) is 0 Å². The number of hydrogen-bond donors (Lipinski definition) is 1. The summed E-state index contributed by atoms with van der Waals surface area (Å²) >= 11 is 0. The van der Waals surface area contributed by atoms with Crippen LogP contribution in [0, 0.1) is 15.5 Å². The van der Waals surface area contributed by atoms with Gasteiger partial charge < -0.3 is 14.6 Å². The number of nitrogens with zero attached hydrogens (tertiary/aromatic N) is 2. The van der Waals surface area contributed by atoms with Gasteiger partial charge in [0.2, 0.25) is 0 Å². The van der Waals surface area contributed by atoms with Gasteiger partial charge in [-0.3, -0.25) is 24.6 Å². The summed E-state index contributed by atoms with van der Waals surface area (Å²) in [5, 5.41) is 24.5. The van der Waals surface area contributed by atoms with Crippen molar-refractivity contribution in [2.24, 2.45) is 5.41 Å². The number of esters is 2. The van der Waals surface area contributed by atoms with Crippen LogP contribution < -0.4 is 0 Å². The third-order valence-electron chi connectivity index (χ3n) is 8.40. The van der Waals surface area contributed by atoms with Gasteiger partial charge in [0.1, 0.15) is 18.8 Å². The van der Waals surface area contributed by atoms with Crippen molar-refractivity contribution in [2.45, 2.75) is 68.9 Å². The molecule has 0 aromatic heterocycles. The zero-order valence-corrected chi connectivity index (χ0v) is 20.7. The summed E-state index contributed by atoms with van der Waals surface area (Å²) in [6.07, 6.45) is 1.99. The van der Waals surface area contributed by atoms with Gasteiger partial charge in [0, 0.05) is 23.8 Å². The van der Waals surface area contributed by atoms with Crippen LogP contribution in [0.5, 0.6) is 0 Å². The Morgan fingerprint density at radius 2 is 1.51 bits per heavy atom. The Kier molecular flexibility index (Phi) is 6.76. The lowest BCUT2D eigenvalue weighted by atomic mass is 9.72. The molecule has 2 aliphatic heterocycles. The minimum atomic E-state index is -1.99. The fourth-order valence-electron chi connectivity index (χ4n) is 6.47. The van der Waals surface area contributed by atoms with E-state index in [9.17, 15) is 24.8 Å². The summed E-state index contributed by atoms with van der Waals surface area (Å²) in [5.74, 6) is -1.78. The van der Waals surface area contributed by atoms with Crippen LogP contribution in [0.1, 0.15) is 49.7 Å². The molecule has 9 heteroatoms. The minimum Gasteiger partial charge on any atom is -0.460 e. The van der Waals surface area contributed by atoms with E-state index in [1.54, 1.807) is 48.5 Å². The number of hydrogen-bond acceptors (Lipinski definition) is 8. The van der Waals surface area contributed by atoms with E-state index < -0.39 is 46.3 Å². The van der Waals surface area contributed by atoms with E-state index in [0.717, 1.165) is 30.4 Å². The topological polar surface area (TPSA) is 119 Å². The highest BCUT2D eigenvalue weighted by atomic mass is 16.6. The number of carbonyl (C=O) groups excluding carboxylic acids is 2. The van der Waals surface area contributed by atoms with Gasteiger partial charge in [-0.2, -0.15) is 0 Å². The average molecular weight is 509 g/mol. The standard InChI is InChI=1S/C28H32N2O7/c31-24(36-16-21-9-3-1-4-10-21)26(25(32)37-17-22-11-5-2-6-12-22)18-27(30(34)35)20-29-14-8-7-13-23(29)15-28(27,33)19-26/h1-6,9-12,23,33H,7-8,13-20H2/t23?,27-,28-/m1/s1. The first kappa shape index (κ1) is 25.4. The molecule has 1 unspecified atom stereocenters. The second-order valence-corrected chi connectivity index (χ2v) is 10.7. The number of fused-ring (bicyclic) bond motifs is 2. The van der Waals surface area contributed by atoms with Crippen LogP contribution in [0.4, 0.5) is 0 Å². The van der Waals surface area contributed by atoms with Crippen molar-refractivity contribution in [3.05, 3.63) is 81.9 Å². The lowest BCUT2D eigenvalue weighted by Crippen LogP contribution is -2.68. The maximum Gasteiger partial charge on any atom is 0.324 e. The van der Waals surface area contributed by atoms with E-state index in [4.69, 9.17) is 9.47 Å². The highest BCUT2D eigenvalue weighted by molar-refractivity contribution is 6.01. The second kappa shape index (κ2) is 9.87. The lowest BCUT2D eigenvalue weighted by molar-refractivity contribution is -0.597. The van der Waals surface area contributed by atoms with Gasteiger partial charge in [-0.1, -0.05) is 67.1 Å². The Balaban J connectivity index is 1.47. The predicted octanol–water partition coefficient (Wildman–Crippen LogP) is 3.26.